The summed E-state index contributed by atoms with van der Waals surface area (Å²) >= 11 is 0. The molecule has 0 aliphatic carbocycles. The highest BCUT2D eigenvalue weighted by Gasteiger charge is 2.10. The number of guanidine groups is 1. The number of aromatic nitrogens is 1. The number of nitrogens with one attached hydrogen (secondary N) is 3. The van der Waals surface area contributed by atoms with Crippen LogP contribution in [0.5, 0.6) is 0 Å². The van der Waals surface area contributed by atoms with Gasteiger partial charge in [-0.1, -0.05) is 12.1 Å². The van der Waals surface area contributed by atoms with E-state index in [1.807, 2.05) is 7.05 Å². The maximum Gasteiger partial charge on any atom is 0.190 e. The average Bonchev–Trinajstić information content (AvgIpc) is 3.26. The van der Waals surface area contributed by atoms with Crippen molar-refractivity contribution in [2.24, 2.45) is 4.99 Å². The number of aromatic amines is 1. The number of H-pyrrole nitrogens is 1. The van der Waals surface area contributed by atoms with E-state index in [1.165, 1.54) is 60.9 Å². The quantitative estimate of drug-likeness (QED) is 0.253. The van der Waals surface area contributed by atoms with Crippen molar-refractivity contribution >= 4 is 40.8 Å². The minimum Gasteiger partial charge on any atom is -0.361 e. The molecule has 0 spiro atoms. The molecule has 3 rings (SSSR count). The van der Waals surface area contributed by atoms with E-state index in [4.69, 9.17) is 0 Å². The first-order valence-corrected chi connectivity index (χ1v) is 9.50. The zero-order valence-corrected chi connectivity index (χ0v) is 18.3. The number of aliphatic imine (C=N–C) groups is 1. The fraction of sp³-hybridized carbons (Fsp3) is 0.550. The first-order chi connectivity index (χ1) is 12.3. The van der Waals surface area contributed by atoms with Crippen LogP contribution in [-0.4, -0.2) is 55.6 Å². The molecule has 0 amide bonds. The minimum absolute atomic E-state index is 0. The Morgan fingerprint density at radius 2 is 1.96 bits per heavy atom. The van der Waals surface area contributed by atoms with Gasteiger partial charge in [-0.2, -0.15) is 0 Å². The first-order valence-electron chi connectivity index (χ1n) is 9.50. The maximum atomic E-state index is 4.32. The third kappa shape index (κ3) is 5.87. The molecule has 1 aliphatic heterocycles. The SMILES string of the molecule is CN=C(NCCCN1CCCC1)NCCc1c[nH]c2cc(C)ccc12.I. The molecule has 3 N–H and O–H groups in total. The topological polar surface area (TPSA) is 55.5 Å². The minimum atomic E-state index is 0. The number of benzene rings is 1. The van der Waals surface area contributed by atoms with Gasteiger partial charge in [-0.05, 0) is 69.4 Å². The van der Waals surface area contributed by atoms with Gasteiger partial charge >= 0.3 is 0 Å². The Hall–Kier alpha value is -1.28. The maximum absolute atomic E-state index is 4.32. The largest absolute Gasteiger partial charge is 0.361 e. The Bertz CT molecular complexity index is 703. The smallest absolute Gasteiger partial charge is 0.190 e. The molecule has 26 heavy (non-hydrogen) atoms. The summed E-state index contributed by atoms with van der Waals surface area (Å²) in [4.78, 5) is 10.2. The molecule has 5 nitrogen and oxygen atoms in total. The molecule has 2 aromatic rings. The molecule has 1 fully saturated rings. The highest BCUT2D eigenvalue weighted by atomic mass is 127. The van der Waals surface area contributed by atoms with Gasteiger partial charge in [0, 0.05) is 37.2 Å². The van der Waals surface area contributed by atoms with E-state index in [1.54, 1.807) is 0 Å². The monoisotopic (exact) mass is 469 g/mol. The van der Waals surface area contributed by atoms with Gasteiger partial charge in [0.05, 0.1) is 0 Å². The second-order valence-corrected chi connectivity index (χ2v) is 6.94. The van der Waals surface area contributed by atoms with Crippen molar-refractivity contribution in [3.05, 3.63) is 35.5 Å². The van der Waals surface area contributed by atoms with Crippen LogP contribution in [0.1, 0.15) is 30.4 Å². The van der Waals surface area contributed by atoms with E-state index in [0.29, 0.717) is 0 Å². The van der Waals surface area contributed by atoms with Crippen LogP contribution in [0.2, 0.25) is 0 Å². The summed E-state index contributed by atoms with van der Waals surface area (Å²) in [6.45, 7) is 7.73. The summed E-state index contributed by atoms with van der Waals surface area (Å²) in [6, 6.07) is 6.59. The number of likely N-dealkylation sites (tertiary alicyclic amines) is 1. The second kappa shape index (κ2) is 10.8. The highest BCUT2D eigenvalue weighted by molar-refractivity contribution is 14.0. The summed E-state index contributed by atoms with van der Waals surface area (Å²) in [6.07, 6.45) is 7.01. The van der Waals surface area contributed by atoms with Gasteiger partial charge in [-0.25, -0.2) is 0 Å². The Labute approximate surface area is 174 Å². The van der Waals surface area contributed by atoms with Crippen molar-refractivity contribution in [2.75, 3.05) is 39.8 Å². The summed E-state index contributed by atoms with van der Waals surface area (Å²) in [5, 5.41) is 8.17. The molecule has 2 heterocycles. The van der Waals surface area contributed by atoms with Gasteiger partial charge in [-0.3, -0.25) is 4.99 Å². The standard InChI is InChI=1S/C20H31N5.HI/c1-16-6-7-18-17(15-24-19(18)14-16)8-10-23-20(21-2)22-9-5-13-25-11-3-4-12-25;/h6-7,14-15,24H,3-5,8-13H2,1-2H3,(H2,21,22,23);1H. The molecule has 6 heteroatoms. The Morgan fingerprint density at radius 3 is 2.73 bits per heavy atom. The zero-order valence-electron chi connectivity index (χ0n) is 16.0. The zero-order chi connectivity index (χ0) is 17.5. The molecule has 144 valence electrons. The van der Waals surface area contributed by atoms with E-state index in [2.05, 4.69) is 56.8 Å². The van der Waals surface area contributed by atoms with E-state index >= 15 is 0 Å². The lowest BCUT2D eigenvalue weighted by Crippen LogP contribution is -2.39. The van der Waals surface area contributed by atoms with E-state index < -0.39 is 0 Å². The van der Waals surface area contributed by atoms with E-state index in [9.17, 15) is 0 Å². The summed E-state index contributed by atoms with van der Waals surface area (Å²) in [5.74, 6) is 0.900. The number of hydrogen-bond acceptors (Lipinski definition) is 2. The van der Waals surface area contributed by atoms with Crippen LogP contribution in [0.3, 0.4) is 0 Å². The fourth-order valence-corrected chi connectivity index (χ4v) is 3.56. The third-order valence-electron chi connectivity index (χ3n) is 4.98. The van der Waals surface area contributed by atoms with Crippen LogP contribution in [0.25, 0.3) is 10.9 Å². The molecule has 1 aromatic heterocycles. The molecule has 1 aromatic carbocycles. The van der Waals surface area contributed by atoms with Gasteiger partial charge in [0.2, 0.25) is 0 Å². The first kappa shape index (κ1) is 21.0. The molecule has 0 saturated carbocycles. The number of aryl methyl sites for hydroxylation is 1. The summed E-state index contributed by atoms with van der Waals surface area (Å²) in [5.41, 5.74) is 3.86. The second-order valence-electron chi connectivity index (χ2n) is 6.94. The predicted octanol–water partition coefficient (Wildman–Crippen LogP) is 3.29. The molecule has 0 bridgehead atoms. The Balaban J connectivity index is 0.00000243. The molecular formula is C20H32IN5. The van der Waals surface area contributed by atoms with Crippen molar-refractivity contribution in [1.29, 1.82) is 0 Å². The van der Waals surface area contributed by atoms with E-state index in [-0.39, 0.29) is 24.0 Å². The van der Waals surface area contributed by atoms with Gasteiger partial charge in [-0.15, -0.1) is 24.0 Å². The van der Waals surface area contributed by atoms with E-state index in [0.717, 1.165) is 25.5 Å². The molecule has 0 radical (unpaired) electrons. The lowest BCUT2D eigenvalue weighted by Gasteiger charge is -2.16. The van der Waals surface area contributed by atoms with Gasteiger partial charge in [0.25, 0.3) is 0 Å². The van der Waals surface area contributed by atoms with Crippen LogP contribution in [-0.2, 0) is 6.42 Å². The predicted molar refractivity (Wildman–Crippen MR) is 122 cm³/mol. The van der Waals surface area contributed by atoms with Crippen LogP contribution in [0.4, 0.5) is 0 Å². The van der Waals surface area contributed by atoms with Crippen molar-refractivity contribution in [2.45, 2.75) is 32.6 Å². The number of halogens is 1. The molecule has 0 unspecified atom stereocenters. The lowest BCUT2D eigenvalue weighted by atomic mass is 10.1. The average molecular weight is 469 g/mol. The van der Waals surface area contributed by atoms with Gasteiger partial charge in [0.1, 0.15) is 0 Å². The summed E-state index contributed by atoms with van der Waals surface area (Å²) in [7, 11) is 1.84. The molecule has 0 atom stereocenters. The van der Waals surface area contributed by atoms with Crippen molar-refractivity contribution < 1.29 is 0 Å². The number of rotatable bonds is 7. The van der Waals surface area contributed by atoms with Crippen LogP contribution in [0, 0.1) is 6.92 Å². The Kier molecular flexibility index (Phi) is 8.71. The molecule has 1 saturated heterocycles. The third-order valence-corrected chi connectivity index (χ3v) is 4.98. The van der Waals surface area contributed by atoms with Crippen molar-refractivity contribution in [3.63, 3.8) is 0 Å². The lowest BCUT2D eigenvalue weighted by molar-refractivity contribution is 0.334. The molecule has 1 aliphatic rings. The fourth-order valence-electron chi connectivity index (χ4n) is 3.56. The normalized spacial score (nSPS) is 15.2. The number of fused-ring (bicyclic) bond motifs is 1. The highest BCUT2D eigenvalue weighted by Crippen LogP contribution is 2.19. The molecular weight excluding hydrogens is 437 g/mol. The van der Waals surface area contributed by atoms with Gasteiger partial charge in [0.15, 0.2) is 5.96 Å². The van der Waals surface area contributed by atoms with Crippen LogP contribution >= 0.6 is 24.0 Å². The van der Waals surface area contributed by atoms with Crippen molar-refractivity contribution in [3.8, 4) is 0 Å². The summed E-state index contributed by atoms with van der Waals surface area (Å²) < 4.78 is 0. The van der Waals surface area contributed by atoms with Crippen LogP contribution in [0.15, 0.2) is 29.4 Å². The Morgan fingerprint density at radius 1 is 1.19 bits per heavy atom. The number of nitrogens with zero attached hydrogens (tertiary/aromatic N) is 2. The van der Waals surface area contributed by atoms with Crippen LogP contribution < -0.4 is 10.6 Å². The number of hydrogen-bond donors (Lipinski definition) is 3. The van der Waals surface area contributed by atoms with Crippen molar-refractivity contribution in [1.82, 2.24) is 20.5 Å². The van der Waals surface area contributed by atoms with Gasteiger partial charge < -0.3 is 20.5 Å².